The van der Waals surface area contributed by atoms with Gasteiger partial charge < -0.3 is 15.6 Å². The van der Waals surface area contributed by atoms with Crippen molar-refractivity contribution in [3.63, 3.8) is 0 Å². The van der Waals surface area contributed by atoms with Gasteiger partial charge in [-0.05, 0) is 11.6 Å². The van der Waals surface area contributed by atoms with Gasteiger partial charge >= 0.3 is 5.69 Å². The van der Waals surface area contributed by atoms with Gasteiger partial charge in [-0.25, -0.2) is 0 Å². The van der Waals surface area contributed by atoms with E-state index in [9.17, 15) is 15.2 Å². The number of nitrogens with zero attached hydrogens (tertiary/aromatic N) is 1. The number of methoxy groups -OCH3 is 1. The normalized spacial score (nSPS) is 9.86. The monoisotopic (exact) mass is 198 g/mol. The Kier molecular flexibility index (Phi) is 2.88. The number of nitro groups is 1. The third kappa shape index (κ3) is 1.74. The van der Waals surface area contributed by atoms with Crippen molar-refractivity contribution in [1.82, 2.24) is 0 Å². The summed E-state index contributed by atoms with van der Waals surface area (Å²) in [6.45, 7) is 0.150. The summed E-state index contributed by atoms with van der Waals surface area (Å²) in [5, 5.41) is 19.9. The molecule has 0 aliphatic carbocycles. The number of hydrogen-bond donors (Lipinski definition) is 2. The average molecular weight is 198 g/mol. The third-order valence-electron chi connectivity index (χ3n) is 1.77. The Balaban J connectivity index is 3.34. The van der Waals surface area contributed by atoms with Gasteiger partial charge in [0.05, 0.1) is 12.0 Å². The maximum absolute atomic E-state index is 10.5. The molecule has 0 spiro atoms. The number of benzene rings is 1. The van der Waals surface area contributed by atoms with Gasteiger partial charge in [-0.15, -0.1) is 0 Å². The summed E-state index contributed by atoms with van der Waals surface area (Å²) in [7, 11) is 1.32. The number of rotatable bonds is 3. The molecule has 0 aliphatic rings. The van der Waals surface area contributed by atoms with E-state index in [1.807, 2.05) is 0 Å². The predicted octanol–water partition coefficient (Wildman–Crippen LogP) is 0.768. The van der Waals surface area contributed by atoms with Crippen LogP contribution in [0, 0.1) is 10.1 Å². The Hall–Kier alpha value is -1.82. The number of phenolic OH excluding ortho intramolecular Hbond substituents is 1. The minimum Gasteiger partial charge on any atom is -0.500 e. The molecule has 3 N–H and O–H groups in total. The summed E-state index contributed by atoms with van der Waals surface area (Å²) in [4.78, 5) is 9.82. The Morgan fingerprint density at radius 2 is 2.29 bits per heavy atom. The highest BCUT2D eigenvalue weighted by Gasteiger charge is 2.19. The first-order valence-electron chi connectivity index (χ1n) is 3.84. The van der Waals surface area contributed by atoms with Gasteiger partial charge in [0.2, 0.25) is 5.75 Å². The topological polar surface area (TPSA) is 98.6 Å². The van der Waals surface area contributed by atoms with Gasteiger partial charge in [-0.2, -0.15) is 0 Å². The highest BCUT2D eigenvalue weighted by Crippen LogP contribution is 2.36. The van der Waals surface area contributed by atoms with E-state index in [-0.39, 0.29) is 12.3 Å². The maximum Gasteiger partial charge on any atom is 0.314 e. The lowest BCUT2D eigenvalue weighted by atomic mass is 10.1. The maximum atomic E-state index is 10.5. The number of aromatic hydroxyl groups is 1. The molecule has 1 rings (SSSR count). The molecule has 0 saturated carbocycles. The van der Waals surface area contributed by atoms with Crippen molar-refractivity contribution in [2.24, 2.45) is 5.73 Å². The van der Waals surface area contributed by atoms with Gasteiger partial charge in [-0.3, -0.25) is 10.1 Å². The van der Waals surface area contributed by atoms with Gasteiger partial charge in [0.15, 0.2) is 5.75 Å². The van der Waals surface area contributed by atoms with Crippen LogP contribution in [0.1, 0.15) is 5.56 Å². The van der Waals surface area contributed by atoms with Crippen molar-refractivity contribution in [2.75, 3.05) is 7.11 Å². The van der Waals surface area contributed by atoms with Crippen LogP contribution in [0.2, 0.25) is 0 Å². The average Bonchev–Trinajstić information content (AvgIpc) is 2.17. The fraction of sp³-hybridized carbons (Fsp3) is 0.250. The van der Waals surface area contributed by atoms with E-state index in [0.717, 1.165) is 0 Å². The highest BCUT2D eigenvalue weighted by atomic mass is 16.6. The molecule has 1 aromatic rings. The molecule has 0 heterocycles. The molecule has 0 unspecified atom stereocenters. The zero-order chi connectivity index (χ0) is 10.7. The van der Waals surface area contributed by atoms with Gasteiger partial charge in [0.25, 0.3) is 0 Å². The molecule has 0 aliphatic heterocycles. The fourth-order valence-corrected chi connectivity index (χ4v) is 1.06. The summed E-state index contributed by atoms with van der Waals surface area (Å²) < 4.78 is 4.77. The lowest BCUT2D eigenvalue weighted by Gasteiger charge is -2.05. The van der Waals surface area contributed by atoms with Crippen LogP contribution in [0.3, 0.4) is 0 Å². The second-order valence-electron chi connectivity index (χ2n) is 2.63. The molecule has 14 heavy (non-hydrogen) atoms. The van der Waals surface area contributed by atoms with Gasteiger partial charge in [0.1, 0.15) is 0 Å². The summed E-state index contributed by atoms with van der Waals surface area (Å²) >= 11 is 0. The lowest BCUT2D eigenvalue weighted by molar-refractivity contribution is -0.386. The van der Waals surface area contributed by atoms with E-state index in [2.05, 4.69) is 0 Å². The molecule has 0 aromatic heterocycles. The predicted molar refractivity (Wildman–Crippen MR) is 49.2 cm³/mol. The second-order valence-corrected chi connectivity index (χ2v) is 2.63. The van der Waals surface area contributed by atoms with Crippen LogP contribution in [0.4, 0.5) is 5.69 Å². The van der Waals surface area contributed by atoms with E-state index >= 15 is 0 Å². The lowest BCUT2D eigenvalue weighted by Crippen LogP contribution is -1.99. The van der Waals surface area contributed by atoms with E-state index in [4.69, 9.17) is 10.5 Å². The molecule has 6 nitrogen and oxygen atoms in total. The summed E-state index contributed by atoms with van der Waals surface area (Å²) in [6, 6.07) is 2.68. The molecule has 0 radical (unpaired) electrons. The molecular formula is C8H10N2O4. The number of hydrogen-bond acceptors (Lipinski definition) is 5. The van der Waals surface area contributed by atoms with E-state index in [0.29, 0.717) is 5.56 Å². The first-order chi connectivity index (χ1) is 6.60. The van der Waals surface area contributed by atoms with Crippen LogP contribution >= 0.6 is 0 Å². The van der Waals surface area contributed by atoms with Crippen molar-refractivity contribution >= 4 is 5.69 Å². The van der Waals surface area contributed by atoms with Crippen molar-refractivity contribution in [1.29, 1.82) is 0 Å². The second kappa shape index (κ2) is 3.93. The van der Waals surface area contributed by atoms with E-state index in [1.54, 1.807) is 0 Å². The first kappa shape index (κ1) is 10.3. The molecular weight excluding hydrogens is 188 g/mol. The quantitative estimate of drug-likeness (QED) is 0.552. The van der Waals surface area contributed by atoms with Crippen LogP contribution in [-0.4, -0.2) is 17.1 Å². The third-order valence-corrected chi connectivity index (χ3v) is 1.77. The van der Waals surface area contributed by atoms with Crippen LogP contribution < -0.4 is 10.5 Å². The van der Waals surface area contributed by atoms with Crippen LogP contribution in [0.15, 0.2) is 12.1 Å². The van der Waals surface area contributed by atoms with Gasteiger partial charge in [0, 0.05) is 12.6 Å². The number of nitro benzene ring substituents is 1. The number of ether oxygens (including phenoxy) is 1. The molecule has 0 amide bonds. The Bertz CT molecular complexity index is 365. The zero-order valence-electron chi connectivity index (χ0n) is 7.56. The fourth-order valence-electron chi connectivity index (χ4n) is 1.06. The highest BCUT2D eigenvalue weighted by molar-refractivity contribution is 5.57. The first-order valence-corrected chi connectivity index (χ1v) is 3.84. The van der Waals surface area contributed by atoms with Crippen LogP contribution in [-0.2, 0) is 6.54 Å². The zero-order valence-corrected chi connectivity index (χ0v) is 7.56. The van der Waals surface area contributed by atoms with Crippen LogP contribution in [0.25, 0.3) is 0 Å². The van der Waals surface area contributed by atoms with E-state index < -0.39 is 16.4 Å². The SMILES string of the molecule is COc1cc(CN)cc([N+](=O)[O-])c1O. The molecule has 0 saturated heterocycles. The molecule has 1 aromatic carbocycles. The van der Waals surface area contributed by atoms with Crippen molar-refractivity contribution in [3.05, 3.63) is 27.8 Å². The smallest absolute Gasteiger partial charge is 0.314 e. The Morgan fingerprint density at radius 3 is 2.71 bits per heavy atom. The van der Waals surface area contributed by atoms with Crippen LogP contribution in [0.5, 0.6) is 11.5 Å². The molecule has 6 heteroatoms. The molecule has 0 fully saturated rings. The van der Waals surface area contributed by atoms with Crippen molar-refractivity contribution in [3.8, 4) is 11.5 Å². The van der Waals surface area contributed by atoms with E-state index in [1.165, 1.54) is 19.2 Å². The Labute approximate surface area is 80.1 Å². The Morgan fingerprint density at radius 1 is 1.64 bits per heavy atom. The van der Waals surface area contributed by atoms with Crippen molar-refractivity contribution < 1.29 is 14.8 Å². The summed E-state index contributed by atoms with van der Waals surface area (Å²) in [6.07, 6.45) is 0. The standard InChI is InChI=1S/C8H10N2O4/c1-14-7-3-5(4-9)2-6(8(7)11)10(12)13/h2-3,11H,4,9H2,1H3. The minimum atomic E-state index is -0.684. The largest absolute Gasteiger partial charge is 0.500 e. The molecule has 0 bridgehead atoms. The van der Waals surface area contributed by atoms with Gasteiger partial charge in [-0.1, -0.05) is 0 Å². The number of nitrogens with two attached hydrogens (primary N) is 1. The summed E-state index contributed by atoms with van der Waals surface area (Å²) in [5.41, 5.74) is 5.47. The number of phenols is 1. The molecule has 76 valence electrons. The minimum absolute atomic E-state index is 0.0552. The summed E-state index contributed by atoms with van der Waals surface area (Å²) in [5.74, 6) is -0.422. The molecule has 0 atom stereocenters. The van der Waals surface area contributed by atoms with Crippen molar-refractivity contribution in [2.45, 2.75) is 6.54 Å².